The predicted molar refractivity (Wildman–Crippen MR) is 51.9 cm³/mol. The van der Waals surface area contributed by atoms with Crippen LogP contribution in [0, 0.1) is 0 Å². The van der Waals surface area contributed by atoms with Crippen molar-refractivity contribution in [2.75, 3.05) is 0 Å². The summed E-state index contributed by atoms with van der Waals surface area (Å²) in [6.45, 7) is 1.91. The van der Waals surface area contributed by atoms with Gasteiger partial charge in [0.2, 0.25) is 0 Å². The van der Waals surface area contributed by atoms with Crippen LogP contribution in [-0.2, 0) is 4.79 Å². The van der Waals surface area contributed by atoms with Gasteiger partial charge in [0, 0.05) is 0 Å². The fraction of sp³-hybridized carbons (Fsp3) is 0.625. The number of aromatic amines is 2. The number of H-pyrrole nitrogens is 2. The SMILES string of the molecule is CCCCC(C(=O)O)n1c(=O)[nH][nH]c1=O. The van der Waals surface area contributed by atoms with E-state index >= 15 is 0 Å². The monoisotopic (exact) mass is 215 g/mol. The molecule has 7 heteroatoms. The minimum Gasteiger partial charge on any atom is -0.480 e. The highest BCUT2D eigenvalue weighted by Gasteiger charge is 2.23. The van der Waals surface area contributed by atoms with Crippen LogP contribution in [0.25, 0.3) is 0 Å². The number of aliphatic carboxylic acids is 1. The van der Waals surface area contributed by atoms with Crippen LogP contribution in [0.3, 0.4) is 0 Å². The summed E-state index contributed by atoms with van der Waals surface area (Å²) in [5, 5.41) is 13.0. The molecule has 0 aliphatic heterocycles. The second kappa shape index (κ2) is 4.63. The van der Waals surface area contributed by atoms with E-state index in [0.29, 0.717) is 11.0 Å². The minimum absolute atomic E-state index is 0.271. The number of rotatable bonds is 5. The van der Waals surface area contributed by atoms with Crippen molar-refractivity contribution >= 4 is 5.97 Å². The third-order valence-electron chi connectivity index (χ3n) is 2.14. The first-order valence-corrected chi connectivity index (χ1v) is 4.70. The molecule has 0 saturated heterocycles. The zero-order chi connectivity index (χ0) is 11.4. The van der Waals surface area contributed by atoms with Crippen LogP contribution in [0.2, 0.25) is 0 Å². The van der Waals surface area contributed by atoms with E-state index in [0.717, 1.165) is 6.42 Å². The maximum atomic E-state index is 11.2. The molecule has 15 heavy (non-hydrogen) atoms. The Hall–Kier alpha value is -1.79. The molecule has 0 amide bonds. The first-order valence-electron chi connectivity index (χ1n) is 4.70. The maximum absolute atomic E-state index is 11.2. The lowest BCUT2D eigenvalue weighted by atomic mass is 10.1. The van der Waals surface area contributed by atoms with E-state index in [-0.39, 0.29) is 6.42 Å². The van der Waals surface area contributed by atoms with Crippen LogP contribution in [0.5, 0.6) is 0 Å². The molecule has 1 aromatic heterocycles. The molecular formula is C8H13N3O4. The Balaban J connectivity index is 3.04. The summed E-state index contributed by atoms with van der Waals surface area (Å²) in [7, 11) is 0. The number of aromatic nitrogens is 3. The molecule has 0 aliphatic rings. The van der Waals surface area contributed by atoms with E-state index in [1.807, 2.05) is 6.92 Å². The number of hydrogen-bond donors (Lipinski definition) is 3. The van der Waals surface area contributed by atoms with Gasteiger partial charge < -0.3 is 5.11 Å². The molecule has 1 heterocycles. The van der Waals surface area contributed by atoms with Crippen LogP contribution >= 0.6 is 0 Å². The predicted octanol–water partition coefficient (Wildman–Crippen LogP) is -0.319. The van der Waals surface area contributed by atoms with Crippen molar-refractivity contribution in [3.05, 3.63) is 21.0 Å². The summed E-state index contributed by atoms with van der Waals surface area (Å²) >= 11 is 0. The Labute approximate surface area is 84.7 Å². The first-order chi connectivity index (χ1) is 7.07. The topological polar surface area (TPSA) is 108 Å². The van der Waals surface area contributed by atoms with Crippen LogP contribution in [-0.4, -0.2) is 25.8 Å². The van der Waals surface area contributed by atoms with Crippen molar-refractivity contribution in [3.63, 3.8) is 0 Å². The van der Waals surface area contributed by atoms with E-state index in [9.17, 15) is 14.4 Å². The summed E-state index contributed by atoms with van der Waals surface area (Å²) < 4.78 is 0.692. The summed E-state index contributed by atoms with van der Waals surface area (Å²) in [6.07, 6.45) is 1.72. The van der Waals surface area contributed by atoms with E-state index in [4.69, 9.17) is 5.11 Å². The number of carboxylic acid groups (broad SMARTS) is 1. The molecule has 0 saturated carbocycles. The Kier molecular flexibility index (Phi) is 3.48. The lowest BCUT2D eigenvalue weighted by molar-refractivity contribution is -0.141. The summed E-state index contributed by atoms with van der Waals surface area (Å²) in [5.41, 5.74) is -1.44. The molecule has 0 radical (unpaired) electrons. The number of nitrogens with zero attached hydrogens (tertiary/aromatic N) is 1. The highest BCUT2D eigenvalue weighted by molar-refractivity contribution is 5.71. The summed E-state index contributed by atoms with van der Waals surface area (Å²) in [6, 6.07) is -1.09. The third kappa shape index (κ3) is 2.36. The Morgan fingerprint density at radius 1 is 1.40 bits per heavy atom. The Morgan fingerprint density at radius 2 is 1.93 bits per heavy atom. The van der Waals surface area contributed by atoms with Gasteiger partial charge in [0.25, 0.3) is 0 Å². The second-order valence-electron chi connectivity index (χ2n) is 3.23. The van der Waals surface area contributed by atoms with Crippen molar-refractivity contribution in [1.29, 1.82) is 0 Å². The van der Waals surface area contributed by atoms with Crippen molar-refractivity contribution in [3.8, 4) is 0 Å². The summed E-state index contributed by atoms with van der Waals surface area (Å²) in [5.74, 6) is -1.17. The van der Waals surface area contributed by atoms with Crippen molar-refractivity contribution in [1.82, 2.24) is 14.8 Å². The van der Waals surface area contributed by atoms with Crippen LogP contribution in [0.1, 0.15) is 32.2 Å². The highest BCUT2D eigenvalue weighted by atomic mass is 16.4. The molecule has 0 aromatic carbocycles. The minimum atomic E-state index is -1.17. The number of hydrogen-bond acceptors (Lipinski definition) is 3. The summed E-state index contributed by atoms with van der Waals surface area (Å²) in [4.78, 5) is 33.2. The van der Waals surface area contributed by atoms with Gasteiger partial charge in [-0.25, -0.2) is 29.1 Å². The number of carboxylic acids is 1. The van der Waals surface area contributed by atoms with E-state index < -0.39 is 23.4 Å². The fourth-order valence-electron chi connectivity index (χ4n) is 1.36. The van der Waals surface area contributed by atoms with Gasteiger partial charge in [0.15, 0.2) is 0 Å². The zero-order valence-corrected chi connectivity index (χ0v) is 8.32. The van der Waals surface area contributed by atoms with E-state index in [1.165, 1.54) is 0 Å². The van der Waals surface area contributed by atoms with Gasteiger partial charge in [-0.2, -0.15) is 0 Å². The van der Waals surface area contributed by atoms with Crippen LogP contribution in [0.4, 0.5) is 0 Å². The number of carbonyl (C=O) groups is 1. The van der Waals surface area contributed by atoms with Gasteiger partial charge >= 0.3 is 17.3 Å². The third-order valence-corrected chi connectivity index (χ3v) is 2.14. The molecule has 1 aromatic rings. The molecule has 84 valence electrons. The average molecular weight is 215 g/mol. The number of nitrogens with one attached hydrogen (secondary N) is 2. The lowest BCUT2D eigenvalue weighted by Gasteiger charge is -2.10. The largest absolute Gasteiger partial charge is 0.480 e. The van der Waals surface area contributed by atoms with Gasteiger partial charge in [-0.3, -0.25) is 0 Å². The van der Waals surface area contributed by atoms with Gasteiger partial charge in [0.1, 0.15) is 6.04 Å². The molecule has 7 nitrogen and oxygen atoms in total. The Bertz CT molecular complexity index is 414. The normalized spacial score (nSPS) is 12.6. The lowest BCUT2D eigenvalue weighted by Crippen LogP contribution is -2.35. The maximum Gasteiger partial charge on any atom is 0.345 e. The first kappa shape index (κ1) is 11.3. The van der Waals surface area contributed by atoms with Crippen molar-refractivity contribution in [2.45, 2.75) is 32.2 Å². The fourth-order valence-corrected chi connectivity index (χ4v) is 1.36. The number of unbranched alkanes of at least 4 members (excludes halogenated alkanes) is 1. The molecule has 1 rings (SSSR count). The van der Waals surface area contributed by atoms with Gasteiger partial charge in [0.05, 0.1) is 0 Å². The zero-order valence-electron chi connectivity index (χ0n) is 8.32. The highest BCUT2D eigenvalue weighted by Crippen LogP contribution is 2.11. The average Bonchev–Trinajstić information content (AvgIpc) is 2.49. The van der Waals surface area contributed by atoms with Gasteiger partial charge in [-0.1, -0.05) is 19.8 Å². The molecular weight excluding hydrogens is 202 g/mol. The van der Waals surface area contributed by atoms with Crippen molar-refractivity contribution in [2.24, 2.45) is 0 Å². The quantitative estimate of drug-likeness (QED) is 0.625. The van der Waals surface area contributed by atoms with Crippen molar-refractivity contribution < 1.29 is 9.90 Å². The smallest absolute Gasteiger partial charge is 0.345 e. The molecule has 3 N–H and O–H groups in total. The van der Waals surface area contributed by atoms with E-state index in [2.05, 4.69) is 10.2 Å². The standard InChI is InChI=1S/C8H13N3O4/c1-2-3-4-5(6(12)13)11-7(14)9-10-8(11)15/h5H,2-4H2,1H3,(H,9,14)(H,10,15)(H,12,13). The van der Waals surface area contributed by atoms with Gasteiger partial charge in [-0.15, -0.1) is 0 Å². The van der Waals surface area contributed by atoms with E-state index in [1.54, 1.807) is 0 Å². The molecule has 1 unspecified atom stereocenters. The Morgan fingerprint density at radius 3 is 2.33 bits per heavy atom. The molecule has 0 fully saturated rings. The second-order valence-corrected chi connectivity index (χ2v) is 3.23. The molecule has 1 atom stereocenters. The van der Waals surface area contributed by atoms with Gasteiger partial charge in [-0.05, 0) is 6.42 Å². The molecule has 0 bridgehead atoms. The van der Waals surface area contributed by atoms with Crippen LogP contribution in [0.15, 0.2) is 9.59 Å². The molecule has 0 spiro atoms. The van der Waals surface area contributed by atoms with Crippen LogP contribution < -0.4 is 11.4 Å². The molecule has 0 aliphatic carbocycles.